The van der Waals surface area contributed by atoms with E-state index in [9.17, 15) is 0 Å². The number of hydrogen-bond acceptors (Lipinski definition) is 4. The molecule has 0 bridgehead atoms. The van der Waals surface area contributed by atoms with Gasteiger partial charge in [0.1, 0.15) is 5.50 Å². The fourth-order valence-corrected chi connectivity index (χ4v) is 1.95. The summed E-state index contributed by atoms with van der Waals surface area (Å²) in [4.78, 5) is 0. The van der Waals surface area contributed by atoms with E-state index in [-0.39, 0.29) is 5.50 Å². The minimum atomic E-state index is -0.0734. The summed E-state index contributed by atoms with van der Waals surface area (Å²) in [6.07, 6.45) is 0. The fraction of sp³-hybridized carbons (Fsp3) is 0.100. The largest absolute Gasteiger partial charge is 0.360 e. The normalized spacial score (nSPS) is 19.7. The third-order valence-corrected chi connectivity index (χ3v) is 2.72. The highest BCUT2D eigenvalue weighted by molar-refractivity contribution is 8.03. The molecule has 0 radical (unpaired) electrons. The van der Waals surface area contributed by atoms with Gasteiger partial charge in [0, 0.05) is 5.70 Å². The molecule has 1 unspecified atom stereocenters. The Kier molecular flexibility index (Phi) is 2.44. The molecule has 0 aromatic heterocycles. The summed E-state index contributed by atoms with van der Waals surface area (Å²) < 4.78 is 0. The molecule has 0 saturated heterocycles. The number of nitrogens with zero attached hydrogens (tertiary/aromatic N) is 1. The van der Waals surface area contributed by atoms with Gasteiger partial charge in [0.05, 0.1) is 11.6 Å². The van der Waals surface area contributed by atoms with Crippen LogP contribution in [0.5, 0.6) is 0 Å². The predicted octanol–water partition coefficient (Wildman–Crippen LogP) is 1.44. The fourth-order valence-electron chi connectivity index (χ4n) is 1.27. The van der Waals surface area contributed by atoms with E-state index in [0.717, 1.165) is 11.3 Å². The molecule has 0 saturated carbocycles. The van der Waals surface area contributed by atoms with Gasteiger partial charge >= 0.3 is 0 Å². The summed E-state index contributed by atoms with van der Waals surface area (Å²) in [7, 11) is 0. The zero-order valence-electron chi connectivity index (χ0n) is 7.40. The lowest BCUT2D eigenvalue weighted by atomic mass is 10.1. The minimum Gasteiger partial charge on any atom is -0.360 e. The maximum atomic E-state index is 8.74. The topological polar surface area (TPSA) is 61.8 Å². The van der Waals surface area contributed by atoms with E-state index in [4.69, 9.17) is 11.0 Å². The van der Waals surface area contributed by atoms with Crippen LogP contribution in [0.2, 0.25) is 0 Å². The molecule has 1 aliphatic heterocycles. The number of nitrogens with two attached hydrogens (primary N) is 1. The molecule has 1 aliphatic rings. The summed E-state index contributed by atoms with van der Waals surface area (Å²) in [5.41, 5.74) is 8.25. The van der Waals surface area contributed by atoms with Crippen LogP contribution < -0.4 is 11.1 Å². The van der Waals surface area contributed by atoms with Crippen molar-refractivity contribution in [1.82, 2.24) is 5.32 Å². The molecular weight excluding hydrogens is 194 g/mol. The molecule has 1 heterocycles. The highest BCUT2D eigenvalue weighted by Gasteiger charge is 2.13. The van der Waals surface area contributed by atoms with Gasteiger partial charge in [0.25, 0.3) is 0 Å². The van der Waals surface area contributed by atoms with Crippen molar-refractivity contribution >= 4 is 17.5 Å². The van der Waals surface area contributed by atoms with Crippen LogP contribution >= 0.6 is 11.8 Å². The summed E-state index contributed by atoms with van der Waals surface area (Å²) in [5, 5.41) is 13.8. The Labute approximate surface area is 86.6 Å². The Balaban J connectivity index is 2.30. The van der Waals surface area contributed by atoms with Gasteiger partial charge in [-0.2, -0.15) is 5.26 Å². The Hall–Kier alpha value is -1.44. The summed E-state index contributed by atoms with van der Waals surface area (Å²) in [5.74, 6) is 0. The van der Waals surface area contributed by atoms with Gasteiger partial charge in [0.15, 0.2) is 0 Å². The average molecular weight is 203 g/mol. The van der Waals surface area contributed by atoms with Crippen molar-refractivity contribution in [2.24, 2.45) is 5.73 Å². The van der Waals surface area contributed by atoms with Gasteiger partial charge in [-0.3, -0.25) is 0 Å². The molecular formula is C10H9N3S. The molecule has 3 nitrogen and oxygen atoms in total. The second-order valence-electron chi connectivity index (χ2n) is 2.93. The molecule has 2 rings (SSSR count). The second kappa shape index (κ2) is 3.74. The first-order valence-corrected chi connectivity index (χ1v) is 5.12. The van der Waals surface area contributed by atoms with Crippen molar-refractivity contribution in [2.75, 3.05) is 0 Å². The van der Waals surface area contributed by atoms with Crippen LogP contribution in [-0.4, -0.2) is 5.50 Å². The van der Waals surface area contributed by atoms with Gasteiger partial charge in [0.2, 0.25) is 0 Å². The van der Waals surface area contributed by atoms with E-state index >= 15 is 0 Å². The molecule has 70 valence electrons. The van der Waals surface area contributed by atoms with Crippen molar-refractivity contribution in [2.45, 2.75) is 5.50 Å². The maximum Gasteiger partial charge on any atom is 0.127 e. The molecule has 1 atom stereocenters. The summed E-state index contributed by atoms with van der Waals surface area (Å²) in [6, 6.07) is 9.56. The molecule has 1 aromatic rings. The molecule has 0 spiro atoms. The molecule has 4 heteroatoms. The number of thioether (sulfide) groups is 1. The van der Waals surface area contributed by atoms with Crippen LogP contribution in [0, 0.1) is 11.3 Å². The smallest absolute Gasteiger partial charge is 0.127 e. The molecule has 1 aromatic carbocycles. The van der Waals surface area contributed by atoms with Crippen molar-refractivity contribution < 1.29 is 0 Å². The van der Waals surface area contributed by atoms with Crippen LogP contribution in [0.15, 0.2) is 29.7 Å². The van der Waals surface area contributed by atoms with Crippen molar-refractivity contribution in [3.8, 4) is 6.07 Å². The minimum absolute atomic E-state index is 0.0734. The zero-order chi connectivity index (χ0) is 9.97. The first-order chi connectivity index (χ1) is 6.79. The van der Waals surface area contributed by atoms with E-state index in [2.05, 4.69) is 11.4 Å². The molecule has 0 amide bonds. The predicted molar refractivity (Wildman–Crippen MR) is 57.8 cm³/mol. The van der Waals surface area contributed by atoms with E-state index < -0.39 is 0 Å². The van der Waals surface area contributed by atoms with E-state index in [0.29, 0.717) is 5.56 Å². The first-order valence-electron chi connectivity index (χ1n) is 4.18. The molecule has 0 aliphatic carbocycles. The van der Waals surface area contributed by atoms with Crippen molar-refractivity contribution in [1.29, 1.82) is 5.26 Å². The average Bonchev–Trinajstić information content (AvgIpc) is 2.65. The lowest BCUT2D eigenvalue weighted by Gasteiger charge is -2.07. The number of rotatable bonds is 1. The van der Waals surface area contributed by atoms with Crippen molar-refractivity contribution in [3.63, 3.8) is 0 Å². The van der Waals surface area contributed by atoms with Gasteiger partial charge in [-0.15, -0.1) is 0 Å². The Bertz CT molecular complexity index is 420. The van der Waals surface area contributed by atoms with Crippen LogP contribution in [0.4, 0.5) is 0 Å². The van der Waals surface area contributed by atoms with Gasteiger partial charge in [-0.25, -0.2) is 0 Å². The molecule has 3 N–H and O–H groups in total. The molecule has 0 fully saturated rings. The number of hydrogen-bond donors (Lipinski definition) is 2. The van der Waals surface area contributed by atoms with E-state index in [1.54, 1.807) is 6.07 Å². The quantitative estimate of drug-likeness (QED) is 0.725. The van der Waals surface area contributed by atoms with Gasteiger partial charge in [-0.05, 0) is 23.1 Å². The number of nitrogens with one attached hydrogen (secondary N) is 1. The van der Waals surface area contributed by atoms with Crippen LogP contribution in [-0.2, 0) is 0 Å². The maximum absolute atomic E-state index is 8.74. The van der Waals surface area contributed by atoms with Crippen LogP contribution in [0.25, 0.3) is 5.70 Å². The van der Waals surface area contributed by atoms with E-state index in [1.807, 2.05) is 23.6 Å². The Morgan fingerprint density at radius 1 is 1.50 bits per heavy atom. The third kappa shape index (κ3) is 1.74. The lowest BCUT2D eigenvalue weighted by molar-refractivity contribution is 0.853. The Morgan fingerprint density at radius 2 is 2.36 bits per heavy atom. The standard InChI is InChI=1S/C10H9N3S/c11-5-7-2-1-3-8(4-7)9-6-14-10(12)13-9/h1-4,6,10,13H,12H2. The van der Waals surface area contributed by atoms with Gasteiger partial charge in [-0.1, -0.05) is 23.9 Å². The second-order valence-corrected chi connectivity index (χ2v) is 3.94. The summed E-state index contributed by atoms with van der Waals surface area (Å²) in [6.45, 7) is 0. The monoisotopic (exact) mass is 203 g/mol. The highest BCUT2D eigenvalue weighted by atomic mass is 32.2. The first kappa shape index (κ1) is 9.13. The van der Waals surface area contributed by atoms with Crippen LogP contribution in [0.3, 0.4) is 0 Å². The Morgan fingerprint density at radius 3 is 3.00 bits per heavy atom. The SMILES string of the molecule is N#Cc1cccc(C2=CSC(N)N2)c1. The summed E-state index contributed by atoms with van der Waals surface area (Å²) >= 11 is 1.54. The highest BCUT2D eigenvalue weighted by Crippen LogP contribution is 2.24. The molecule has 14 heavy (non-hydrogen) atoms. The van der Waals surface area contributed by atoms with Crippen LogP contribution in [0.1, 0.15) is 11.1 Å². The van der Waals surface area contributed by atoms with Gasteiger partial charge < -0.3 is 11.1 Å². The lowest BCUT2D eigenvalue weighted by Crippen LogP contribution is -2.28. The zero-order valence-corrected chi connectivity index (χ0v) is 8.21. The third-order valence-electron chi connectivity index (χ3n) is 1.93. The number of nitriles is 1. The van der Waals surface area contributed by atoms with E-state index in [1.165, 1.54) is 11.8 Å². The number of benzene rings is 1. The van der Waals surface area contributed by atoms with Crippen molar-refractivity contribution in [3.05, 3.63) is 40.8 Å².